The van der Waals surface area contributed by atoms with E-state index < -0.39 is 0 Å². The van der Waals surface area contributed by atoms with Crippen molar-refractivity contribution in [1.82, 2.24) is 10.2 Å². The number of nitrogens with zero attached hydrogens (tertiary/aromatic N) is 1. The molecule has 18 heavy (non-hydrogen) atoms. The molecule has 0 aliphatic carbocycles. The second kappa shape index (κ2) is 11.5. The van der Waals surface area contributed by atoms with Gasteiger partial charge in [0.2, 0.25) is 0 Å². The van der Waals surface area contributed by atoms with Crippen LogP contribution in [0, 0.1) is 0 Å². The van der Waals surface area contributed by atoms with E-state index in [1.54, 1.807) is 0 Å². The third kappa shape index (κ3) is 11.9. The molecule has 4 heteroatoms. The van der Waals surface area contributed by atoms with Crippen LogP contribution in [0.2, 0.25) is 0 Å². The summed E-state index contributed by atoms with van der Waals surface area (Å²) in [6.07, 6.45) is 4.60. The maximum atomic E-state index is 11.4. The Labute approximate surface area is 112 Å². The number of rotatable bonds is 11. The summed E-state index contributed by atoms with van der Waals surface area (Å²) >= 11 is 0. The van der Waals surface area contributed by atoms with Crippen molar-refractivity contribution in [2.24, 2.45) is 0 Å². The lowest BCUT2D eigenvalue weighted by molar-refractivity contribution is -0.148. The van der Waals surface area contributed by atoms with Gasteiger partial charge >= 0.3 is 5.97 Å². The Morgan fingerprint density at radius 2 is 1.94 bits per heavy atom. The van der Waals surface area contributed by atoms with Crippen molar-refractivity contribution in [2.45, 2.75) is 52.1 Å². The zero-order valence-electron chi connectivity index (χ0n) is 12.5. The minimum atomic E-state index is -0.0639. The van der Waals surface area contributed by atoms with Gasteiger partial charge in [-0.2, -0.15) is 0 Å². The highest BCUT2D eigenvalue weighted by atomic mass is 16.5. The van der Waals surface area contributed by atoms with Gasteiger partial charge in [-0.3, -0.25) is 4.79 Å². The van der Waals surface area contributed by atoms with Crippen LogP contribution in [-0.4, -0.2) is 50.7 Å². The Kier molecular flexibility index (Phi) is 11.1. The number of carbonyl (C=O) groups excluding carboxylic acids is 1. The number of carbonyl (C=O) groups is 1. The number of hydrogen-bond acceptors (Lipinski definition) is 4. The van der Waals surface area contributed by atoms with Crippen LogP contribution >= 0.6 is 0 Å². The lowest BCUT2D eigenvalue weighted by Crippen LogP contribution is -2.23. The highest BCUT2D eigenvalue weighted by molar-refractivity contribution is 5.69. The minimum Gasteiger partial charge on any atom is -0.463 e. The third-order valence-corrected chi connectivity index (χ3v) is 2.72. The van der Waals surface area contributed by atoms with E-state index in [0.717, 1.165) is 45.3 Å². The maximum Gasteiger partial charge on any atom is 0.306 e. The highest BCUT2D eigenvalue weighted by Crippen LogP contribution is 2.03. The van der Waals surface area contributed by atoms with Gasteiger partial charge in [-0.25, -0.2) is 0 Å². The number of hydrogen-bond donors (Lipinski definition) is 1. The fourth-order valence-electron chi connectivity index (χ4n) is 1.75. The fraction of sp³-hybridized carbons (Fsp3) is 0.929. The first-order valence-electron chi connectivity index (χ1n) is 7.11. The molecule has 0 bridgehead atoms. The minimum absolute atomic E-state index is 0.0639. The van der Waals surface area contributed by atoms with E-state index >= 15 is 0 Å². The fourth-order valence-corrected chi connectivity index (χ4v) is 1.75. The molecule has 1 unspecified atom stereocenters. The molecule has 0 aromatic rings. The van der Waals surface area contributed by atoms with Gasteiger partial charge in [-0.15, -0.1) is 0 Å². The predicted octanol–water partition coefficient (Wildman–Crippen LogP) is 2.04. The molecule has 4 nitrogen and oxygen atoms in total. The molecule has 0 spiro atoms. The first-order valence-corrected chi connectivity index (χ1v) is 7.11. The van der Waals surface area contributed by atoms with Crippen molar-refractivity contribution in [3.63, 3.8) is 0 Å². The molecule has 0 aromatic heterocycles. The van der Waals surface area contributed by atoms with Crippen LogP contribution < -0.4 is 5.32 Å². The van der Waals surface area contributed by atoms with E-state index in [0.29, 0.717) is 6.42 Å². The van der Waals surface area contributed by atoms with Crippen molar-refractivity contribution in [1.29, 1.82) is 0 Å². The topological polar surface area (TPSA) is 41.6 Å². The number of esters is 1. The van der Waals surface area contributed by atoms with Crippen LogP contribution in [0.3, 0.4) is 0 Å². The quantitative estimate of drug-likeness (QED) is 0.455. The van der Waals surface area contributed by atoms with Gasteiger partial charge in [0, 0.05) is 6.42 Å². The SMILES string of the molecule is CCCC(C)OC(=O)CCCNCCCN(C)C. The molecule has 0 fully saturated rings. The standard InChI is InChI=1S/C14H30N2O2/c1-5-8-13(2)18-14(17)9-6-10-15-11-7-12-16(3)4/h13,15H,5-12H2,1-4H3. The van der Waals surface area contributed by atoms with Crippen molar-refractivity contribution in [3.8, 4) is 0 Å². The zero-order valence-corrected chi connectivity index (χ0v) is 12.5. The van der Waals surface area contributed by atoms with Crippen LogP contribution in [0.15, 0.2) is 0 Å². The monoisotopic (exact) mass is 258 g/mol. The van der Waals surface area contributed by atoms with E-state index in [1.807, 2.05) is 6.92 Å². The molecule has 0 rings (SSSR count). The van der Waals surface area contributed by atoms with Crippen LogP contribution in [-0.2, 0) is 9.53 Å². The van der Waals surface area contributed by atoms with E-state index in [1.165, 1.54) is 0 Å². The average Bonchev–Trinajstić information content (AvgIpc) is 2.27. The van der Waals surface area contributed by atoms with Crippen molar-refractivity contribution < 1.29 is 9.53 Å². The molecule has 0 saturated heterocycles. The summed E-state index contributed by atoms with van der Waals surface area (Å²) in [5.74, 6) is -0.0639. The molecule has 0 radical (unpaired) electrons. The molecule has 0 aliphatic heterocycles. The largest absolute Gasteiger partial charge is 0.463 e. The maximum absolute atomic E-state index is 11.4. The molecule has 1 N–H and O–H groups in total. The summed E-state index contributed by atoms with van der Waals surface area (Å²) in [5.41, 5.74) is 0. The Balaban J connectivity index is 3.30. The summed E-state index contributed by atoms with van der Waals surface area (Å²) < 4.78 is 5.28. The molecular weight excluding hydrogens is 228 g/mol. The van der Waals surface area contributed by atoms with Gasteiger partial charge in [0.05, 0.1) is 6.10 Å². The van der Waals surface area contributed by atoms with E-state index in [-0.39, 0.29) is 12.1 Å². The zero-order chi connectivity index (χ0) is 13.8. The van der Waals surface area contributed by atoms with Gasteiger partial charge in [0.1, 0.15) is 0 Å². The molecule has 0 aliphatic rings. The van der Waals surface area contributed by atoms with E-state index in [4.69, 9.17) is 4.74 Å². The molecule has 1 atom stereocenters. The highest BCUT2D eigenvalue weighted by Gasteiger charge is 2.07. The number of nitrogens with one attached hydrogen (secondary N) is 1. The molecule has 0 saturated carbocycles. The third-order valence-electron chi connectivity index (χ3n) is 2.72. The smallest absolute Gasteiger partial charge is 0.306 e. The second-order valence-electron chi connectivity index (χ2n) is 5.10. The van der Waals surface area contributed by atoms with Crippen LogP contribution in [0.4, 0.5) is 0 Å². The van der Waals surface area contributed by atoms with E-state index in [2.05, 4.69) is 31.2 Å². The van der Waals surface area contributed by atoms with Crippen LogP contribution in [0.5, 0.6) is 0 Å². The summed E-state index contributed by atoms with van der Waals surface area (Å²) in [6.45, 7) is 7.07. The second-order valence-corrected chi connectivity index (χ2v) is 5.10. The predicted molar refractivity (Wildman–Crippen MR) is 75.7 cm³/mol. The first-order chi connectivity index (χ1) is 8.56. The van der Waals surface area contributed by atoms with Gasteiger partial charge < -0.3 is 15.0 Å². The summed E-state index contributed by atoms with van der Waals surface area (Å²) in [7, 11) is 4.15. The first kappa shape index (κ1) is 17.4. The van der Waals surface area contributed by atoms with Crippen molar-refractivity contribution in [2.75, 3.05) is 33.7 Å². The molecular formula is C14H30N2O2. The van der Waals surface area contributed by atoms with Gasteiger partial charge in [0.25, 0.3) is 0 Å². The average molecular weight is 258 g/mol. The normalized spacial score (nSPS) is 12.7. The molecule has 0 amide bonds. The molecule has 0 aromatic carbocycles. The van der Waals surface area contributed by atoms with Gasteiger partial charge in [0.15, 0.2) is 0 Å². The number of ether oxygens (including phenoxy) is 1. The Hall–Kier alpha value is -0.610. The molecule has 0 heterocycles. The van der Waals surface area contributed by atoms with Crippen molar-refractivity contribution >= 4 is 5.97 Å². The summed E-state index contributed by atoms with van der Waals surface area (Å²) in [5, 5.41) is 3.34. The summed E-state index contributed by atoms with van der Waals surface area (Å²) in [6, 6.07) is 0. The van der Waals surface area contributed by atoms with Crippen LogP contribution in [0.1, 0.15) is 46.0 Å². The Morgan fingerprint density at radius 3 is 2.56 bits per heavy atom. The summed E-state index contributed by atoms with van der Waals surface area (Å²) in [4.78, 5) is 13.6. The lowest BCUT2D eigenvalue weighted by Gasteiger charge is -2.12. The van der Waals surface area contributed by atoms with E-state index in [9.17, 15) is 4.79 Å². The molecule has 108 valence electrons. The van der Waals surface area contributed by atoms with Gasteiger partial charge in [-0.1, -0.05) is 13.3 Å². The Bertz CT molecular complexity index is 208. The van der Waals surface area contributed by atoms with Gasteiger partial charge in [-0.05, 0) is 59.9 Å². The van der Waals surface area contributed by atoms with Crippen molar-refractivity contribution in [3.05, 3.63) is 0 Å². The van der Waals surface area contributed by atoms with Crippen LogP contribution in [0.25, 0.3) is 0 Å². The Morgan fingerprint density at radius 1 is 1.28 bits per heavy atom. The lowest BCUT2D eigenvalue weighted by atomic mass is 10.2.